The van der Waals surface area contributed by atoms with Gasteiger partial charge >= 0.3 is 12.1 Å². The molecule has 1 heterocycles. The highest BCUT2D eigenvalue weighted by atomic mass is 35.5. The molecule has 4 nitrogen and oxygen atoms in total. The van der Waals surface area contributed by atoms with Crippen LogP contribution in [0.2, 0.25) is 10.0 Å². The lowest BCUT2D eigenvalue weighted by Gasteiger charge is -2.18. The van der Waals surface area contributed by atoms with Crippen molar-refractivity contribution >= 4 is 40.1 Å². The number of hydrogen-bond acceptors (Lipinski definition) is 3. The first-order chi connectivity index (χ1) is 16.5. The molecule has 0 radical (unpaired) electrons. The topological polar surface area (TPSA) is 40.5 Å². The highest BCUT2D eigenvalue weighted by Crippen LogP contribution is 2.39. The summed E-state index contributed by atoms with van der Waals surface area (Å²) in [5, 5.41) is 1.54. The van der Waals surface area contributed by atoms with E-state index in [1.54, 1.807) is 37.6 Å². The number of hydrogen-bond donors (Lipinski definition) is 0. The Kier molecular flexibility index (Phi) is 7.30. The number of rotatable bonds is 6. The molecule has 35 heavy (non-hydrogen) atoms. The Hall–Kier alpha value is -2.38. The van der Waals surface area contributed by atoms with Crippen molar-refractivity contribution in [2.45, 2.75) is 51.8 Å². The first-order valence-corrected chi connectivity index (χ1v) is 12.2. The van der Waals surface area contributed by atoms with Crippen molar-refractivity contribution in [1.82, 2.24) is 4.57 Å². The quantitative estimate of drug-likeness (QED) is 0.311. The van der Waals surface area contributed by atoms with Gasteiger partial charge in [-0.1, -0.05) is 23.2 Å². The zero-order chi connectivity index (χ0) is 25.5. The van der Waals surface area contributed by atoms with E-state index in [0.717, 1.165) is 23.2 Å². The molecule has 0 saturated heterocycles. The Morgan fingerprint density at radius 1 is 1.17 bits per heavy atom. The second-order valence-electron chi connectivity index (χ2n) is 8.94. The number of carbonyl (C=O) groups excluding carboxylic acids is 1. The molecule has 2 unspecified atom stereocenters. The molecule has 0 N–H and O–H groups in total. The Balaban J connectivity index is 1.60. The number of esters is 1. The number of ether oxygens (including phenoxy) is 2. The number of nitrogens with zero attached hydrogens (tertiary/aromatic N) is 1. The Labute approximate surface area is 211 Å². The molecule has 0 aliphatic heterocycles. The molecule has 0 amide bonds. The average molecular weight is 528 g/mol. The van der Waals surface area contributed by atoms with Gasteiger partial charge in [-0.2, -0.15) is 13.2 Å². The lowest BCUT2D eigenvalue weighted by molar-refractivity contribution is -0.148. The van der Waals surface area contributed by atoms with Crippen molar-refractivity contribution in [3.63, 3.8) is 0 Å². The first kappa shape index (κ1) is 25.7. The second kappa shape index (κ2) is 9.94. The van der Waals surface area contributed by atoms with Crippen LogP contribution in [0.15, 0.2) is 30.3 Å². The van der Waals surface area contributed by atoms with Crippen LogP contribution in [0.4, 0.5) is 13.2 Å². The van der Waals surface area contributed by atoms with Crippen LogP contribution in [0.25, 0.3) is 10.9 Å². The standard InChI is InChI=1S/C26H26Cl2F3NO3/c1-4-34-25(33)15-5-6-18(10-15)35-23-8-7-21(27)20(24(23)28)13-17-12-19-14(2)9-16(26(29,30)31)11-22(19)32(17)3/h7-9,11-12,15,18H,4-6,10,13H2,1-3H3. The summed E-state index contributed by atoms with van der Waals surface area (Å²) in [5.41, 5.74) is 1.75. The lowest BCUT2D eigenvalue weighted by Crippen LogP contribution is -2.18. The van der Waals surface area contributed by atoms with E-state index in [-0.39, 0.29) is 18.0 Å². The van der Waals surface area contributed by atoms with Gasteiger partial charge in [0.25, 0.3) is 0 Å². The minimum Gasteiger partial charge on any atom is -0.489 e. The highest BCUT2D eigenvalue weighted by Gasteiger charge is 2.33. The molecule has 0 spiro atoms. The van der Waals surface area contributed by atoms with E-state index < -0.39 is 11.7 Å². The van der Waals surface area contributed by atoms with Crippen LogP contribution < -0.4 is 4.74 Å². The maximum atomic E-state index is 13.3. The van der Waals surface area contributed by atoms with E-state index in [4.69, 9.17) is 32.7 Å². The van der Waals surface area contributed by atoms with Crippen molar-refractivity contribution in [2.75, 3.05) is 6.61 Å². The number of fused-ring (bicyclic) bond motifs is 1. The smallest absolute Gasteiger partial charge is 0.416 e. The van der Waals surface area contributed by atoms with Gasteiger partial charge in [-0.3, -0.25) is 4.79 Å². The summed E-state index contributed by atoms with van der Waals surface area (Å²) in [6.45, 7) is 3.79. The van der Waals surface area contributed by atoms with Crippen LogP contribution in [0.3, 0.4) is 0 Å². The zero-order valence-corrected chi connectivity index (χ0v) is 21.2. The lowest BCUT2D eigenvalue weighted by atomic mass is 10.1. The van der Waals surface area contributed by atoms with Gasteiger partial charge in [-0.15, -0.1) is 0 Å². The molecule has 4 rings (SSSR count). The molecule has 2 atom stereocenters. The monoisotopic (exact) mass is 527 g/mol. The van der Waals surface area contributed by atoms with Crippen LogP contribution in [0.5, 0.6) is 5.75 Å². The summed E-state index contributed by atoms with van der Waals surface area (Å²) in [6.07, 6.45) is -2.32. The summed E-state index contributed by atoms with van der Waals surface area (Å²) in [7, 11) is 1.73. The summed E-state index contributed by atoms with van der Waals surface area (Å²) in [5.74, 6) is 0.0715. The number of carbonyl (C=O) groups is 1. The molecule has 0 bridgehead atoms. The van der Waals surface area contributed by atoms with E-state index >= 15 is 0 Å². The molecule has 1 aromatic heterocycles. The molecular formula is C26H26Cl2F3NO3. The van der Waals surface area contributed by atoms with Gasteiger partial charge in [-0.05, 0) is 74.6 Å². The van der Waals surface area contributed by atoms with E-state index in [0.29, 0.717) is 64.7 Å². The fourth-order valence-electron chi connectivity index (χ4n) is 4.71. The second-order valence-corrected chi connectivity index (χ2v) is 9.72. The van der Waals surface area contributed by atoms with E-state index in [1.165, 1.54) is 0 Å². The number of aryl methyl sites for hydroxylation is 2. The number of halogens is 5. The van der Waals surface area contributed by atoms with Crippen molar-refractivity contribution in [2.24, 2.45) is 13.0 Å². The van der Waals surface area contributed by atoms with E-state index in [9.17, 15) is 18.0 Å². The van der Waals surface area contributed by atoms with Crippen molar-refractivity contribution in [3.05, 3.63) is 62.8 Å². The van der Waals surface area contributed by atoms with Gasteiger partial charge in [0.1, 0.15) is 5.75 Å². The third-order valence-electron chi connectivity index (χ3n) is 6.60. The summed E-state index contributed by atoms with van der Waals surface area (Å²) >= 11 is 13.2. The normalized spacial score (nSPS) is 18.3. The Bertz CT molecular complexity index is 1270. The van der Waals surface area contributed by atoms with Crippen LogP contribution in [-0.2, 0) is 29.2 Å². The minimum atomic E-state index is -4.42. The molecule has 1 aliphatic carbocycles. The van der Waals surface area contributed by atoms with E-state index in [1.807, 2.05) is 6.07 Å². The van der Waals surface area contributed by atoms with Crippen molar-refractivity contribution in [1.29, 1.82) is 0 Å². The van der Waals surface area contributed by atoms with Gasteiger partial charge in [0.2, 0.25) is 0 Å². The molecule has 188 valence electrons. The molecule has 3 aromatic rings. The van der Waals surface area contributed by atoms with Gasteiger partial charge in [0, 0.05) is 35.1 Å². The van der Waals surface area contributed by atoms with Crippen LogP contribution in [0, 0.1) is 12.8 Å². The molecule has 1 aliphatic rings. The van der Waals surface area contributed by atoms with Gasteiger partial charge in [0.05, 0.1) is 29.2 Å². The highest BCUT2D eigenvalue weighted by molar-refractivity contribution is 6.37. The Morgan fingerprint density at radius 2 is 1.91 bits per heavy atom. The van der Waals surface area contributed by atoms with E-state index in [2.05, 4.69) is 0 Å². The fraction of sp³-hybridized carbons (Fsp3) is 0.423. The molecular weight excluding hydrogens is 502 g/mol. The summed E-state index contributed by atoms with van der Waals surface area (Å²) < 4.78 is 52.9. The predicted octanol–water partition coefficient (Wildman–Crippen LogP) is 7.51. The zero-order valence-electron chi connectivity index (χ0n) is 19.6. The molecule has 9 heteroatoms. The largest absolute Gasteiger partial charge is 0.489 e. The van der Waals surface area contributed by atoms with Gasteiger partial charge in [0.15, 0.2) is 0 Å². The SMILES string of the molecule is CCOC(=O)C1CCC(Oc2ccc(Cl)c(Cc3cc4c(C)cc(C(F)(F)F)cc4n3C)c2Cl)C1. The third kappa shape index (κ3) is 5.26. The number of benzene rings is 2. The van der Waals surface area contributed by atoms with Gasteiger partial charge < -0.3 is 14.0 Å². The molecule has 2 aromatic carbocycles. The summed E-state index contributed by atoms with van der Waals surface area (Å²) in [4.78, 5) is 12.0. The predicted molar refractivity (Wildman–Crippen MR) is 130 cm³/mol. The van der Waals surface area contributed by atoms with Crippen molar-refractivity contribution < 1.29 is 27.4 Å². The maximum Gasteiger partial charge on any atom is 0.416 e. The summed E-state index contributed by atoms with van der Waals surface area (Å²) in [6, 6.07) is 7.59. The fourth-order valence-corrected chi connectivity index (χ4v) is 5.26. The van der Waals surface area contributed by atoms with Gasteiger partial charge in [-0.25, -0.2) is 0 Å². The van der Waals surface area contributed by atoms with Crippen LogP contribution in [0.1, 0.15) is 48.6 Å². The Morgan fingerprint density at radius 3 is 2.60 bits per heavy atom. The molecule has 1 saturated carbocycles. The molecule has 1 fully saturated rings. The third-order valence-corrected chi connectivity index (χ3v) is 7.37. The van der Waals surface area contributed by atoms with Crippen molar-refractivity contribution in [3.8, 4) is 5.75 Å². The minimum absolute atomic E-state index is 0.169. The maximum absolute atomic E-state index is 13.3. The van der Waals surface area contributed by atoms with Crippen LogP contribution >= 0.6 is 23.2 Å². The number of aromatic nitrogens is 1. The first-order valence-electron chi connectivity index (χ1n) is 11.5. The number of alkyl halides is 3. The average Bonchev–Trinajstić information content (AvgIpc) is 3.38. The van der Waals surface area contributed by atoms with Crippen LogP contribution in [-0.4, -0.2) is 23.2 Å².